The molecule has 2 aromatic heterocycles. The Morgan fingerprint density at radius 3 is 2.64 bits per heavy atom. The first-order valence-electron chi connectivity index (χ1n) is 10.9. The van der Waals surface area contributed by atoms with Crippen molar-refractivity contribution < 1.29 is 4.79 Å². The van der Waals surface area contributed by atoms with Gasteiger partial charge in [0.05, 0.1) is 22.6 Å². The third-order valence-electron chi connectivity index (χ3n) is 5.67. The number of H-pyrrole nitrogens is 1. The number of amides is 1. The van der Waals surface area contributed by atoms with Gasteiger partial charge in [0.2, 0.25) is 5.91 Å². The Hall–Kier alpha value is -3.83. The van der Waals surface area contributed by atoms with Crippen LogP contribution in [0.15, 0.2) is 84.9 Å². The first kappa shape index (κ1) is 21.0. The maximum absolute atomic E-state index is 12.3. The fraction of sp³-hybridized carbons (Fsp3) is 0.111. The third kappa shape index (κ3) is 4.69. The van der Waals surface area contributed by atoms with Gasteiger partial charge in [-0.25, -0.2) is 4.98 Å². The van der Waals surface area contributed by atoms with Crippen LogP contribution in [0.1, 0.15) is 18.4 Å². The van der Waals surface area contributed by atoms with Gasteiger partial charge in [-0.2, -0.15) is 0 Å². The lowest BCUT2D eigenvalue weighted by molar-refractivity contribution is -0.120. The number of rotatable bonds is 7. The summed E-state index contributed by atoms with van der Waals surface area (Å²) in [6.07, 6.45) is 1.82. The van der Waals surface area contributed by atoms with Crippen LogP contribution in [0.4, 0.5) is 5.69 Å². The SMILES string of the molecule is O=C(CCCc1c(-c2ccc3ccccc3n2)[nH]c2ccc(Cl)cc12)NNc1ccccc1. The number of para-hydroxylation sites is 2. The van der Waals surface area contributed by atoms with Gasteiger partial charge in [-0.3, -0.25) is 15.6 Å². The van der Waals surface area contributed by atoms with E-state index in [9.17, 15) is 4.79 Å². The second-order valence-corrected chi connectivity index (χ2v) is 8.39. The molecule has 33 heavy (non-hydrogen) atoms. The number of carbonyl (C=O) groups excluding carboxylic acids is 1. The molecule has 0 bridgehead atoms. The molecule has 0 aliphatic carbocycles. The first-order chi connectivity index (χ1) is 16.2. The summed E-state index contributed by atoms with van der Waals surface area (Å²) < 4.78 is 0. The summed E-state index contributed by atoms with van der Waals surface area (Å²) in [7, 11) is 0. The molecule has 3 N–H and O–H groups in total. The number of aromatic amines is 1. The van der Waals surface area contributed by atoms with E-state index in [1.807, 2.05) is 72.8 Å². The summed E-state index contributed by atoms with van der Waals surface area (Å²) in [4.78, 5) is 20.7. The second-order valence-electron chi connectivity index (χ2n) is 7.95. The molecule has 3 aromatic carbocycles. The highest BCUT2D eigenvalue weighted by molar-refractivity contribution is 6.31. The average molecular weight is 455 g/mol. The number of hydrogen-bond donors (Lipinski definition) is 3. The minimum atomic E-state index is -0.0536. The van der Waals surface area contributed by atoms with Gasteiger partial charge in [0, 0.05) is 27.7 Å². The summed E-state index contributed by atoms with van der Waals surface area (Å²) in [6.45, 7) is 0. The zero-order valence-corrected chi connectivity index (χ0v) is 18.7. The Balaban J connectivity index is 1.37. The van der Waals surface area contributed by atoms with Gasteiger partial charge in [0.1, 0.15) is 0 Å². The minimum Gasteiger partial charge on any atom is -0.353 e. The molecular weight excluding hydrogens is 432 g/mol. The number of hydrazine groups is 1. The molecule has 5 rings (SSSR count). The third-order valence-corrected chi connectivity index (χ3v) is 5.91. The number of pyridine rings is 1. The Kier molecular flexibility index (Phi) is 5.96. The Labute approximate surface area is 196 Å². The number of halogens is 1. The zero-order valence-electron chi connectivity index (χ0n) is 17.9. The summed E-state index contributed by atoms with van der Waals surface area (Å²) in [5.41, 5.74) is 11.5. The van der Waals surface area contributed by atoms with E-state index in [0.29, 0.717) is 17.9 Å². The molecule has 0 aliphatic heterocycles. The van der Waals surface area contributed by atoms with Crippen LogP contribution in [0.3, 0.4) is 0 Å². The van der Waals surface area contributed by atoms with E-state index in [1.165, 1.54) is 0 Å². The van der Waals surface area contributed by atoms with Crippen LogP contribution in [0.25, 0.3) is 33.2 Å². The van der Waals surface area contributed by atoms with Crippen LogP contribution in [0.2, 0.25) is 5.02 Å². The van der Waals surface area contributed by atoms with Crippen molar-refractivity contribution in [3.05, 3.63) is 95.5 Å². The highest BCUT2D eigenvalue weighted by Gasteiger charge is 2.15. The summed E-state index contributed by atoms with van der Waals surface area (Å²) in [5, 5.41) is 2.85. The van der Waals surface area contributed by atoms with E-state index in [2.05, 4.69) is 28.0 Å². The monoisotopic (exact) mass is 454 g/mol. The number of nitrogens with one attached hydrogen (secondary N) is 3. The maximum Gasteiger partial charge on any atom is 0.238 e. The Bertz CT molecular complexity index is 1430. The normalized spacial score (nSPS) is 11.1. The van der Waals surface area contributed by atoms with Crippen LogP contribution in [0, 0.1) is 0 Å². The molecule has 0 aliphatic rings. The van der Waals surface area contributed by atoms with E-state index < -0.39 is 0 Å². The van der Waals surface area contributed by atoms with Gasteiger partial charge in [0.25, 0.3) is 0 Å². The van der Waals surface area contributed by atoms with Crippen molar-refractivity contribution in [2.45, 2.75) is 19.3 Å². The first-order valence-corrected chi connectivity index (χ1v) is 11.3. The largest absolute Gasteiger partial charge is 0.353 e. The number of carbonyl (C=O) groups is 1. The van der Waals surface area contributed by atoms with Crippen molar-refractivity contribution in [1.29, 1.82) is 0 Å². The quantitative estimate of drug-likeness (QED) is 0.246. The summed E-state index contributed by atoms with van der Waals surface area (Å²) >= 11 is 6.31. The van der Waals surface area contributed by atoms with E-state index >= 15 is 0 Å². The van der Waals surface area contributed by atoms with Crippen LogP contribution in [0.5, 0.6) is 0 Å². The Morgan fingerprint density at radius 2 is 1.76 bits per heavy atom. The molecule has 6 heteroatoms. The molecule has 1 amide bonds. The average Bonchev–Trinajstić information content (AvgIpc) is 3.20. The standard InChI is InChI=1S/C27H23ClN4O/c28-19-14-16-24-22(17-19)21(10-6-12-26(33)32-31-20-8-2-1-3-9-20)27(30-24)25-15-13-18-7-4-5-11-23(18)29-25/h1-5,7-9,11,13-17,30-31H,6,10,12H2,(H,32,33). The van der Waals surface area contributed by atoms with E-state index in [-0.39, 0.29) is 5.91 Å². The van der Waals surface area contributed by atoms with E-state index in [1.54, 1.807) is 0 Å². The fourth-order valence-electron chi connectivity index (χ4n) is 4.06. The fourth-order valence-corrected chi connectivity index (χ4v) is 4.23. The van der Waals surface area contributed by atoms with Gasteiger partial charge < -0.3 is 4.98 Å². The molecule has 0 radical (unpaired) electrons. The van der Waals surface area contributed by atoms with Crippen LogP contribution in [-0.2, 0) is 11.2 Å². The Morgan fingerprint density at radius 1 is 0.939 bits per heavy atom. The molecule has 0 fully saturated rings. The molecule has 5 aromatic rings. The highest BCUT2D eigenvalue weighted by Crippen LogP contribution is 2.33. The number of aromatic nitrogens is 2. The number of hydrogen-bond acceptors (Lipinski definition) is 3. The van der Waals surface area contributed by atoms with E-state index in [0.717, 1.165) is 50.9 Å². The van der Waals surface area contributed by atoms with Crippen molar-refractivity contribution in [2.24, 2.45) is 0 Å². The number of benzene rings is 3. The van der Waals surface area contributed by atoms with Crippen molar-refractivity contribution in [3.8, 4) is 11.4 Å². The van der Waals surface area contributed by atoms with Crippen LogP contribution in [-0.4, -0.2) is 15.9 Å². The summed E-state index contributed by atoms with van der Waals surface area (Å²) in [5.74, 6) is -0.0536. The highest BCUT2D eigenvalue weighted by atomic mass is 35.5. The molecule has 5 nitrogen and oxygen atoms in total. The minimum absolute atomic E-state index is 0.0536. The van der Waals surface area contributed by atoms with Crippen LogP contribution < -0.4 is 10.9 Å². The predicted octanol–water partition coefficient (Wildman–Crippen LogP) is 6.50. The van der Waals surface area contributed by atoms with Crippen molar-refractivity contribution in [2.75, 3.05) is 5.43 Å². The van der Waals surface area contributed by atoms with Gasteiger partial charge >= 0.3 is 0 Å². The second kappa shape index (κ2) is 9.35. The number of aryl methyl sites for hydroxylation is 1. The lowest BCUT2D eigenvalue weighted by Gasteiger charge is -2.09. The molecule has 0 spiro atoms. The maximum atomic E-state index is 12.3. The number of fused-ring (bicyclic) bond motifs is 2. The molecule has 0 atom stereocenters. The van der Waals surface area contributed by atoms with E-state index in [4.69, 9.17) is 16.6 Å². The molecular formula is C27H23ClN4O. The van der Waals surface area contributed by atoms with Gasteiger partial charge in [0.15, 0.2) is 0 Å². The smallest absolute Gasteiger partial charge is 0.238 e. The molecule has 2 heterocycles. The molecule has 0 saturated heterocycles. The van der Waals surface area contributed by atoms with Gasteiger partial charge in [-0.1, -0.05) is 54.1 Å². The van der Waals surface area contributed by atoms with Crippen molar-refractivity contribution in [3.63, 3.8) is 0 Å². The lowest BCUT2D eigenvalue weighted by Crippen LogP contribution is -2.29. The van der Waals surface area contributed by atoms with Crippen molar-refractivity contribution in [1.82, 2.24) is 15.4 Å². The van der Waals surface area contributed by atoms with Gasteiger partial charge in [-0.15, -0.1) is 0 Å². The molecule has 0 saturated carbocycles. The summed E-state index contributed by atoms with van der Waals surface area (Å²) in [6, 6.07) is 27.6. The topological polar surface area (TPSA) is 69.8 Å². The molecule has 0 unspecified atom stereocenters. The van der Waals surface area contributed by atoms with Crippen LogP contribution >= 0.6 is 11.6 Å². The predicted molar refractivity (Wildman–Crippen MR) is 135 cm³/mol. The van der Waals surface area contributed by atoms with Crippen molar-refractivity contribution >= 4 is 45.0 Å². The number of anilines is 1. The lowest BCUT2D eigenvalue weighted by atomic mass is 10.0. The zero-order chi connectivity index (χ0) is 22.6. The molecule has 164 valence electrons. The van der Waals surface area contributed by atoms with Gasteiger partial charge in [-0.05, 0) is 60.9 Å². The number of nitrogens with zero attached hydrogens (tertiary/aromatic N) is 1.